The third-order valence-corrected chi connectivity index (χ3v) is 7.87. The predicted molar refractivity (Wildman–Crippen MR) is 151 cm³/mol. The van der Waals surface area contributed by atoms with E-state index in [-0.39, 0.29) is 11.3 Å². The Hall–Kier alpha value is -4.96. The van der Waals surface area contributed by atoms with Gasteiger partial charge in [0.05, 0.1) is 17.4 Å². The van der Waals surface area contributed by atoms with E-state index in [9.17, 15) is 29.4 Å². The lowest BCUT2D eigenvalue weighted by Gasteiger charge is -2.36. The monoisotopic (exact) mass is 552 g/mol. The van der Waals surface area contributed by atoms with Crippen LogP contribution in [-0.4, -0.2) is 62.1 Å². The van der Waals surface area contributed by atoms with Crippen LogP contribution in [0.2, 0.25) is 0 Å². The SMILES string of the molecule is Cc1ccc([C@@H]2c3[nH]c4ccccc4c3C[C@H]3C(=O)N(c4ccccc4C(=O)N[C@@H](C(=O)O)[C@@H](C)O)C(=O)N23)cc1. The summed E-state index contributed by atoms with van der Waals surface area (Å²) in [6.07, 6.45) is -1.08. The molecule has 10 heteroatoms. The van der Waals surface area contributed by atoms with E-state index in [1.54, 1.807) is 17.0 Å². The number of benzene rings is 3. The maximum atomic E-state index is 14.2. The van der Waals surface area contributed by atoms with Gasteiger partial charge in [-0.25, -0.2) is 14.5 Å². The second-order valence-corrected chi connectivity index (χ2v) is 10.5. The molecule has 4 amide bonds. The minimum absolute atomic E-state index is 0.0420. The number of aliphatic hydroxyl groups excluding tert-OH is 1. The summed E-state index contributed by atoms with van der Waals surface area (Å²) in [7, 11) is 0. The highest BCUT2D eigenvalue weighted by molar-refractivity contribution is 6.24. The molecule has 1 aromatic heterocycles. The lowest BCUT2D eigenvalue weighted by molar-refractivity contribution is -0.141. The number of amides is 4. The number of imide groups is 1. The topological polar surface area (TPSA) is 143 Å². The second-order valence-electron chi connectivity index (χ2n) is 10.5. The molecule has 4 aromatic rings. The molecule has 41 heavy (non-hydrogen) atoms. The molecule has 0 radical (unpaired) electrons. The number of rotatable bonds is 6. The molecule has 0 spiro atoms. The van der Waals surface area contributed by atoms with Crippen LogP contribution < -0.4 is 10.2 Å². The van der Waals surface area contributed by atoms with Crippen LogP contribution in [0.4, 0.5) is 10.5 Å². The second kappa shape index (κ2) is 9.90. The molecule has 2 aliphatic rings. The maximum Gasteiger partial charge on any atom is 0.332 e. The van der Waals surface area contributed by atoms with Gasteiger partial charge in [0.25, 0.3) is 11.8 Å². The molecular weight excluding hydrogens is 524 g/mol. The van der Waals surface area contributed by atoms with Crippen LogP contribution in [0, 0.1) is 6.92 Å². The minimum Gasteiger partial charge on any atom is -0.480 e. The molecule has 1 fully saturated rings. The van der Waals surface area contributed by atoms with Crippen molar-refractivity contribution in [2.45, 2.75) is 44.5 Å². The quantitative estimate of drug-likeness (QED) is 0.270. The number of carboxylic acids is 1. The number of hydrogen-bond acceptors (Lipinski definition) is 5. The zero-order valence-corrected chi connectivity index (χ0v) is 22.4. The van der Waals surface area contributed by atoms with Crippen molar-refractivity contribution in [1.29, 1.82) is 0 Å². The summed E-state index contributed by atoms with van der Waals surface area (Å²) in [5.74, 6) is -2.72. The van der Waals surface area contributed by atoms with Crippen molar-refractivity contribution >= 4 is 40.4 Å². The number of aromatic nitrogens is 1. The highest BCUT2D eigenvalue weighted by Crippen LogP contribution is 2.45. The Labute approximate surface area is 235 Å². The first-order chi connectivity index (χ1) is 19.7. The molecule has 3 heterocycles. The number of aromatic amines is 1. The molecule has 208 valence electrons. The van der Waals surface area contributed by atoms with Gasteiger partial charge in [0.1, 0.15) is 12.1 Å². The summed E-state index contributed by atoms with van der Waals surface area (Å²) in [5.41, 5.74) is 4.59. The summed E-state index contributed by atoms with van der Waals surface area (Å²) in [5, 5.41) is 22.6. The van der Waals surface area contributed by atoms with Gasteiger partial charge in [-0.3, -0.25) is 14.5 Å². The van der Waals surface area contributed by atoms with Gasteiger partial charge in [0, 0.05) is 23.0 Å². The van der Waals surface area contributed by atoms with E-state index in [1.165, 1.54) is 19.1 Å². The van der Waals surface area contributed by atoms with Gasteiger partial charge in [-0.1, -0.05) is 60.2 Å². The number of carbonyl (C=O) groups is 4. The highest BCUT2D eigenvalue weighted by atomic mass is 16.4. The maximum absolute atomic E-state index is 14.2. The summed E-state index contributed by atoms with van der Waals surface area (Å²) in [4.78, 5) is 59.1. The molecule has 2 aliphatic heterocycles. The third kappa shape index (κ3) is 4.23. The highest BCUT2D eigenvalue weighted by Gasteiger charge is 2.53. The Balaban J connectivity index is 1.44. The largest absolute Gasteiger partial charge is 0.480 e. The number of anilines is 1. The fourth-order valence-corrected chi connectivity index (χ4v) is 5.86. The minimum atomic E-state index is -1.57. The van der Waals surface area contributed by atoms with E-state index in [0.29, 0.717) is 6.42 Å². The van der Waals surface area contributed by atoms with Crippen LogP contribution in [0.1, 0.15) is 45.7 Å². The lowest BCUT2D eigenvalue weighted by Crippen LogP contribution is -2.48. The number of fused-ring (bicyclic) bond motifs is 4. The molecule has 4 atom stereocenters. The number of nitrogens with one attached hydrogen (secondary N) is 2. The fraction of sp³-hybridized carbons (Fsp3) is 0.226. The van der Waals surface area contributed by atoms with Crippen molar-refractivity contribution in [2.24, 2.45) is 0 Å². The Morgan fingerprint density at radius 3 is 2.39 bits per heavy atom. The van der Waals surface area contributed by atoms with Crippen LogP contribution in [0.15, 0.2) is 72.8 Å². The van der Waals surface area contributed by atoms with Gasteiger partial charge in [-0.15, -0.1) is 0 Å². The Bertz CT molecular complexity index is 1710. The molecule has 0 aliphatic carbocycles. The lowest BCUT2D eigenvalue weighted by atomic mass is 9.88. The van der Waals surface area contributed by atoms with Crippen LogP contribution in [0.25, 0.3) is 10.9 Å². The van der Waals surface area contributed by atoms with Gasteiger partial charge >= 0.3 is 12.0 Å². The number of aliphatic hydroxyl groups is 1. The van der Waals surface area contributed by atoms with Crippen LogP contribution in [-0.2, 0) is 16.0 Å². The van der Waals surface area contributed by atoms with E-state index in [1.807, 2.05) is 55.5 Å². The van der Waals surface area contributed by atoms with Crippen molar-refractivity contribution in [3.05, 3.63) is 101 Å². The molecular formula is C31H28N4O6. The molecule has 1 saturated heterocycles. The van der Waals surface area contributed by atoms with Crippen molar-refractivity contribution < 1.29 is 29.4 Å². The molecule has 4 N–H and O–H groups in total. The first-order valence-corrected chi connectivity index (χ1v) is 13.3. The number of aliphatic carboxylic acids is 1. The van der Waals surface area contributed by atoms with Crippen molar-refractivity contribution in [3.63, 3.8) is 0 Å². The van der Waals surface area contributed by atoms with Crippen LogP contribution in [0.3, 0.4) is 0 Å². The number of urea groups is 1. The number of hydrogen-bond donors (Lipinski definition) is 4. The Morgan fingerprint density at radius 1 is 1.00 bits per heavy atom. The zero-order chi connectivity index (χ0) is 29.0. The van der Waals surface area contributed by atoms with Crippen LogP contribution >= 0.6 is 0 Å². The molecule has 3 aromatic carbocycles. The number of carbonyl (C=O) groups excluding carboxylic acids is 3. The molecule has 0 unspecified atom stereocenters. The average Bonchev–Trinajstić information content (AvgIpc) is 3.45. The Morgan fingerprint density at radius 2 is 1.68 bits per heavy atom. The normalized spacial score (nSPS) is 19.6. The number of aryl methyl sites for hydroxylation is 1. The standard InChI is InChI=1S/C31H28N4O6/c1-16-11-13-18(14-12-16)27-26-21(19-7-3-5-9-22(19)32-26)15-24-29(38)35(31(41)34(24)27)23-10-6-4-8-20(23)28(37)33-25(17(2)36)30(39)40/h3-14,17,24-25,27,32,36H,15H2,1-2H3,(H,33,37)(H,39,40)/t17-,24+,25-,27-/m1/s1. The van der Waals surface area contributed by atoms with E-state index in [4.69, 9.17) is 0 Å². The van der Waals surface area contributed by atoms with Gasteiger partial charge in [0.15, 0.2) is 6.04 Å². The molecule has 10 nitrogen and oxygen atoms in total. The smallest absolute Gasteiger partial charge is 0.332 e. The first-order valence-electron chi connectivity index (χ1n) is 13.3. The summed E-state index contributed by atoms with van der Waals surface area (Å²) in [6.45, 7) is 3.22. The van der Waals surface area contributed by atoms with Crippen LogP contribution in [0.5, 0.6) is 0 Å². The van der Waals surface area contributed by atoms with E-state index in [0.717, 1.165) is 38.2 Å². The van der Waals surface area contributed by atoms with Gasteiger partial charge in [-0.2, -0.15) is 0 Å². The number of para-hydroxylation sites is 2. The third-order valence-electron chi connectivity index (χ3n) is 7.87. The summed E-state index contributed by atoms with van der Waals surface area (Å²) >= 11 is 0. The summed E-state index contributed by atoms with van der Waals surface area (Å²) in [6, 6.07) is 18.1. The molecule has 6 rings (SSSR count). The number of carboxylic acid groups (broad SMARTS) is 1. The van der Waals surface area contributed by atoms with Gasteiger partial charge in [-0.05, 0) is 43.2 Å². The van der Waals surface area contributed by atoms with E-state index in [2.05, 4.69) is 10.3 Å². The number of H-pyrrole nitrogens is 1. The van der Waals surface area contributed by atoms with Gasteiger partial charge < -0.3 is 20.5 Å². The Kier molecular flexibility index (Phi) is 6.34. The zero-order valence-electron chi connectivity index (χ0n) is 22.4. The molecule has 0 saturated carbocycles. The van der Waals surface area contributed by atoms with E-state index >= 15 is 0 Å². The fourth-order valence-electron chi connectivity index (χ4n) is 5.86. The van der Waals surface area contributed by atoms with Crippen molar-refractivity contribution in [3.8, 4) is 0 Å². The van der Waals surface area contributed by atoms with Crippen molar-refractivity contribution in [2.75, 3.05) is 4.90 Å². The first kappa shape index (κ1) is 26.3. The van der Waals surface area contributed by atoms with Gasteiger partial charge in [0.2, 0.25) is 0 Å². The average molecular weight is 553 g/mol. The summed E-state index contributed by atoms with van der Waals surface area (Å²) < 4.78 is 0. The predicted octanol–water partition coefficient (Wildman–Crippen LogP) is 3.52. The van der Waals surface area contributed by atoms with E-state index < -0.39 is 48.0 Å². The van der Waals surface area contributed by atoms with Crippen molar-refractivity contribution in [1.82, 2.24) is 15.2 Å². The molecule has 0 bridgehead atoms. The number of nitrogens with zero attached hydrogens (tertiary/aromatic N) is 2.